The van der Waals surface area contributed by atoms with Gasteiger partial charge in [-0.25, -0.2) is 0 Å². The number of benzene rings is 2. The van der Waals surface area contributed by atoms with Crippen LogP contribution in [-0.2, 0) is 0 Å². The fraction of sp³-hybridized carbons (Fsp3) is 0.143. The molecular formula is C21H15ClN2O4. The standard InChI is InChI=1S/C21H15ClN2O4/c22-16-2-1-3-17(4-6-18-8-12-20(13-9-18)23(25)26)5-7-19-10-14-21(15-11-19)24(27)28/h3,8-15H,1-2,16H2. The van der Waals surface area contributed by atoms with Crippen molar-refractivity contribution in [1.29, 1.82) is 0 Å². The first kappa shape index (κ1) is 20.7. The molecule has 28 heavy (non-hydrogen) atoms. The van der Waals surface area contributed by atoms with E-state index in [2.05, 4.69) is 23.7 Å². The third-order valence-corrected chi connectivity index (χ3v) is 3.79. The topological polar surface area (TPSA) is 86.3 Å². The Balaban J connectivity index is 2.23. The van der Waals surface area contributed by atoms with Crippen molar-refractivity contribution < 1.29 is 9.85 Å². The molecule has 0 unspecified atom stereocenters. The van der Waals surface area contributed by atoms with Crippen molar-refractivity contribution in [2.75, 3.05) is 5.88 Å². The van der Waals surface area contributed by atoms with Gasteiger partial charge in [-0.2, -0.15) is 0 Å². The van der Waals surface area contributed by atoms with Gasteiger partial charge in [0, 0.05) is 41.3 Å². The summed E-state index contributed by atoms with van der Waals surface area (Å²) in [6.45, 7) is 0. The van der Waals surface area contributed by atoms with E-state index in [9.17, 15) is 20.2 Å². The van der Waals surface area contributed by atoms with E-state index in [4.69, 9.17) is 11.6 Å². The number of hydrogen-bond donors (Lipinski definition) is 0. The normalized spacial score (nSPS) is 9.32. The highest BCUT2D eigenvalue weighted by Gasteiger charge is 2.03. The average molecular weight is 395 g/mol. The second kappa shape index (κ2) is 10.5. The van der Waals surface area contributed by atoms with Gasteiger partial charge in [-0.05, 0) is 37.1 Å². The lowest BCUT2D eigenvalue weighted by Gasteiger charge is -1.93. The summed E-state index contributed by atoms with van der Waals surface area (Å²) in [7, 11) is 0. The molecule has 2 aromatic carbocycles. The lowest BCUT2D eigenvalue weighted by Crippen LogP contribution is -1.87. The number of alkyl halides is 1. The zero-order valence-electron chi connectivity index (χ0n) is 14.7. The summed E-state index contributed by atoms with van der Waals surface area (Å²) in [6.07, 6.45) is 3.37. The molecule has 140 valence electrons. The van der Waals surface area contributed by atoms with Crippen LogP contribution < -0.4 is 0 Å². The van der Waals surface area contributed by atoms with Gasteiger partial charge in [-0.15, -0.1) is 11.6 Å². The van der Waals surface area contributed by atoms with Crippen LogP contribution in [0, 0.1) is 43.9 Å². The minimum Gasteiger partial charge on any atom is -0.258 e. The van der Waals surface area contributed by atoms with E-state index in [1.54, 1.807) is 24.3 Å². The van der Waals surface area contributed by atoms with Crippen LogP contribution in [0.5, 0.6) is 0 Å². The number of rotatable bonds is 5. The summed E-state index contributed by atoms with van der Waals surface area (Å²) in [4.78, 5) is 20.5. The Bertz CT molecular complexity index is 927. The van der Waals surface area contributed by atoms with E-state index in [0.717, 1.165) is 6.42 Å². The number of halogens is 1. The molecule has 0 saturated heterocycles. The lowest BCUT2D eigenvalue weighted by molar-refractivity contribution is -0.385. The fourth-order valence-electron chi connectivity index (χ4n) is 2.07. The maximum atomic E-state index is 10.7. The quantitative estimate of drug-likeness (QED) is 0.238. The third kappa shape index (κ3) is 6.60. The zero-order valence-corrected chi connectivity index (χ0v) is 15.5. The van der Waals surface area contributed by atoms with Crippen molar-refractivity contribution in [2.45, 2.75) is 12.8 Å². The van der Waals surface area contributed by atoms with Crippen LogP contribution in [0.25, 0.3) is 0 Å². The highest BCUT2D eigenvalue weighted by Crippen LogP contribution is 2.12. The smallest absolute Gasteiger partial charge is 0.258 e. The maximum absolute atomic E-state index is 10.7. The summed E-state index contributed by atoms with van der Waals surface area (Å²) < 4.78 is 0. The van der Waals surface area contributed by atoms with Crippen molar-refractivity contribution in [3.8, 4) is 23.7 Å². The molecule has 2 rings (SSSR count). The number of unbranched alkanes of at least 4 members (excludes halogenated alkanes) is 1. The molecule has 0 radical (unpaired) electrons. The minimum absolute atomic E-state index is 0.00129. The fourth-order valence-corrected chi connectivity index (χ4v) is 2.22. The molecule has 0 spiro atoms. The van der Waals surface area contributed by atoms with E-state index >= 15 is 0 Å². The number of nitro groups is 2. The van der Waals surface area contributed by atoms with Crippen LogP contribution in [0.15, 0.2) is 60.2 Å². The first-order chi connectivity index (χ1) is 13.5. The number of nitrogens with zero attached hydrogens (tertiary/aromatic N) is 2. The Hall–Kier alpha value is -3.61. The molecule has 2 aromatic rings. The first-order valence-electron chi connectivity index (χ1n) is 8.28. The molecule has 0 aromatic heterocycles. The molecular weight excluding hydrogens is 380 g/mol. The van der Waals surface area contributed by atoms with Crippen LogP contribution in [0.2, 0.25) is 0 Å². The molecule has 7 heteroatoms. The van der Waals surface area contributed by atoms with E-state index in [0.29, 0.717) is 29.0 Å². The molecule has 0 fully saturated rings. The molecule has 0 amide bonds. The van der Waals surface area contributed by atoms with Gasteiger partial charge in [-0.1, -0.05) is 29.8 Å². The third-order valence-electron chi connectivity index (χ3n) is 3.53. The van der Waals surface area contributed by atoms with Gasteiger partial charge in [0.05, 0.1) is 15.4 Å². The number of nitro benzene ring substituents is 2. The zero-order chi connectivity index (χ0) is 20.4. The Morgan fingerprint density at radius 1 is 0.857 bits per heavy atom. The monoisotopic (exact) mass is 394 g/mol. The van der Waals surface area contributed by atoms with Crippen LogP contribution in [0.1, 0.15) is 24.0 Å². The van der Waals surface area contributed by atoms with E-state index < -0.39 is 9.85 Å². The molecule has 6 nitrogen and oxygen atoms in total. The van der Waals surface area contributed by atoms with Gasteiger partial charge in [0.1, 0.15) is 0 Å². The van der Waals surface area contributed by atoms with Gasteiger partial charge in [0.15, 0.2) is 0 Å². The highest BCUT2D eigenvalue weighted by molar-refractivity contribution is 6.17. The predicted octanol–water partition coefficient (Wildman–Crippen LogP) is 4.85. The first-order valence-corrected chi connectivity index (χ1v) is 8.82. The molecule has 0 heterocycles. The largest absolute Gasteiger partial charge is 0.269 e. The molecule has 0 N–H and O–H groups in total. The molecule has 0 bridgehead atoms. The van der Waals surface area contributed by atoms with Gasteiger partial charge >= 0.3 is 0 Å². The lowest BCUT2D eigenvalue weighted by atomic mass is 10.1. The summed E-state index contributed by atoms with van der Waals surface area (Å²) in [6, 6.07) is 11.9. The molecule has 0 aliphatic rings. The van der Waals surface area contributed by atoms with Crippen LogP contribution >= 0.6 is 11.6 Å². The summed E-state index contributed by atoms with van der Waals surface area (Å²) in [5.41, 5.74) is 1.85. The summed E-state index contributed by atoms with van der Waals surface area (Å²) in [5.74, 6) is 12.3. The van der Waals surface area contributed by atoms with Crippen LogP contribution in [-0.4, -0.2) is 15.7 Å². The van der Waals surface area contributed by atoms with Crippen molar-refractivity contribution in [2.24, 2.45) is 0 Å². The van der Waals surface area contributed by atoms with Gasteiger partial charge in [0.25, 0.3) is 11.4 Å². The minimum atomic E-state index is -0.468. The van der Waals surface area contributed by atoms with Crippen molar-refractivity contribution in [3.63, 3.8) is 0 Å². The molecule has 0 saturated carbocycles. The molecule has 0 aliphatic heterocycles. The van der Waals surface area contributed by atoms with Crippen molar-refractivity contribution in [3.05, 3.63) is 91.5 Å². The average Bonchev–Trinajstić information content (AvgIpc) is 2.70. The second-order valence-corrected chi connectivity index (χ2v) is 5.93. The number of allylic oxidation sites excluding steroid dienone is 2. The summed E-state index contributed by atoms with van der Waals surface area (Å²) in [5, 5.41) is 21.4. The van der Waals surface area contributed by atoms with Gasteiger partial charge in [-0.3, -0.25) is 20.2 Å². The predicted molar refractivity (Wildman–Crippen MR) is 108 cm³/mol. The number of non-ortho nitro benzene ring substituents is 2. The Kier molecular flexibility index (Phi) is 7.77. The molecule has 0 aliphatic carbocycles. The Morgan fingerprint density at radius 3 is 1.64 bits per heavy atom. The Labute approximate surface area is 167 Å². The van der Waals surface area contributed by atoms with Crippen LogP contribution in [0.4, 0.5) is 11.4 Å². The van der Waals surface area contributed by atoms with Crippen LogP contribution in [0.3, 0.4) is 0 Å². The van der Waals surface area contributed by atoms with Gasteiger partial charge in [0.2, 0.25) is 0 Å². The Morgan fingerprint density at radius 2 is 1.29 bits per heavy atom. The van der Waals surface area contributed by atoms with Gasteiger partial charge < -0.3 is 0 Å². The van der Waals surface area contributed by atoms with Crippen molar-refractivity contribution in [1.82, 2.24) is 0 Å². The van der Waals surface area contributed by atoms with E-state index in [1.807, 2.05) is 6.08 Å². The van der Waals surface area contributed by atoms with E-state index in [1.165, 1.54) is 24.3 Å². The highest BCUT2D eigenvalue weighted by atomic mass is 35.5. The SMILES string of the molecule is O=[N+]([O-])c1ccc(C#CC(C#Cc2ccc([N+](=O)[O-])cc2)=CCCCCl)cc1. The summed E-state index contributed by atoms with van der Waals surface area (Å²) >= 11 is 5.70. The maximum Gasteiger partial charge on any atom is 0.269 e. The molecule has 0 atom stereocenters. The number of hydrogen-bond acceptors (Lipinski definition) is 4. The second-order valence-electron chi connectivity index (χ2n) is 5.56. The van der Waals surface area contributed by atoms with Crippen molar-refractivity contribution >= 4 is 23.0 Å². The van der Waals surface area contributed by atoms with E-state index in [-0.39, 0.29) is 11.4 Å².